The van der Waals surface area contributed by atoms with Crippen molar-refractivity contribution in [2.45, 2.75) is 6.04 Å². The third-order valence-corrected chi connectivity index (χ3v) is 4.33. The first-order chi connectivity index (χ1) is 13.7. The summed E-state index contributed by atoms with van der Waals surface area (Å²) in [6, 6.07) is 22.4. The highest BCUT2D eigenvalue weighted by Gasteiger charge is 2.22. The second-order valence-electron chi connectivity index (χ2n) is 6.20. The summed E-state index contributed by atoms with van der Waals surface area (Å²) in [5.74, 6) is -0.296. The van der Waals surface area contributed by atoms with Crippen LogP contribution in [0.1, 0.15) is 11.6 Å². The van der Waals surface area contributed by atoms with Gasteiger partial charge in [0.25, 0.3) is 5.91 Å². The van der Waals surface area contributed by atoms with Crippen LogP contribution < -0.4 is 10.6 Å². The minimum absolute atomic E-state index is 0.204. The number of fused-ring (bicyclic) bond motifs is 1. The Morgan fingerprint density at radius 3 is 2.32 bits per heavy atom. The van der Waals surface area contributed by atoms with E-state index >= 15 is 0 Å². The third kappa shape index (κ3) is 3.66. The summed E-state index contributed by atoms with van der Waals surface area (Å²) in [6.45, 7) is 0. The van der Waals surface area contributed by atoms with Gasteiger partial charge in [-0.3, -0.25) is 4.79 Å². The van der Waals surface area contributed by atoms with E-state index in [9.17, 15) is 9.18 Å². The maximum Gasteiger partial charge on any atom is 0.251 e. The normalized spacial score (nSPS) is 11.8. The van der Waals surface area contributed by atoms with Crippen molar-refractivity contribution in [3.63, 3.8) is 0 Å². The van der Waals surface area contributed by atoms with Gasteiger partial charge in [-0.05, 0) is 29.8 Å². The van der Waals surface area contributed by atoms with Gasteiger partial charge < -0.3 is 10.6 Å². The van der Waals surface area contributed by atoms with E-state index in [-0.39, 0.29) is 11.4 Å². The molecule has 2 N–H and O–H groups in total. The maximum atomic E-state index is 14.1. The summed E-state index contributed by atoms with van der Waals surface area (Å²) in [6.07, 6.45) is 1.28. The molecular weight excluding hydrogens is 355 g/mol. The summed E-state index contributed by atoms with van der Waals surface area (Å²) < 4.78 is 14.1. The molecule has 3 aromatic carbocycles. The van der Waals surface area contributed by atoms with Gasteiger partial charge in [0.05, 0.1) is 0 Å². The number of nitrogens with zero attached hydrogens (tertiary/aromatic N) is 2. The molecule has 6 heteroatoms. The van der Waals surface area contributed by atoms with E-state index in [4.69, 9.17) is 0 Å². The molecule has 4 aromatic rings. The lowest BCUT2D eigenvalue weighted by Gasteiger charge is -2.20. The topological polar surface area (TPSA) is 66.9 Å². The van der Waals surface area contributed by atoms with Crippen molar-refractivity contribution in [3.05, 3.63) is 96.6 Å². The standard InChI is InChI=1S/C22H17FN4O/c23-18-13-7-12-17-20(18)24-14-25-21(17)27-19(15-8-3-1-4-9-15)22(28)26-16-10-5-2-6-11-16/h1-14,19H,(H,26,28)(H,24,25,27). The van der Waals surface area contributed by atoms with E-state index in [0.29, 0.717) is 16.9 Å². The lowest BCUT2D eigenvalue weighted by atomic mass is 10.1. The average Bonchev–Trinajstić information content (AvgIpc) is 2.74. The number of amides is 1. The summed E-state index contributed by atoms with van der Waals surface area (Å²) in [7, 11) is 0. The van der Waals surface area contributed by atoms with Crippen LogP contribution in [0.4, 0.5) is 15.9 Å². The summed E-state index contributed by atoms with van der Waals surface area (Å²) in [4.78, 5) is 21.3. The Balaban J connectivity index is 1.71. The largest absolute Gasteiger partial charge is 0.354 e. The first-order valence-corrected chi connectivity index (χ1v) is 8.79. The second kappa shape index (κ2) is 7.84. The minimum Gasteiger partial charge on any atom is -0.354 e. The molecule has 1 unspecified atom stereocenters. The zero-order valence-electron chi connectivity index (χ0n) is 14.8. The maximum absolute atomic E-state index is 14.1. The van der Waals surface area contributed by atoms with Gasteiger partial charge in [0.2, 0.25) is 0 Å². The van der Waals surface area contributed by atoms with Crippen LogP contribution in [-0.2, 0) is 4.79 Å². The van der Waals surface area contributed by atoms with Gasteiger partial charge in [-0.25, -0.2) is 14.4 Å². The number of hydrogen-bond acceptors (Lipinski definition) is 4. The van der Waals surface area contributed by atoms with Gasteiger partial charge in [0, 0.05) is 11.1 Å². The first-order valence-electron chi connectivity index (χ1n) is 8.79. The van der Waals surface area contributed by atoms with Crippen LogP contribution in [0.25, 0.3) is 10.9 Å². The number of carbonyl (C=O) groups is 1. The van der Waals surface area contributed by atoms with Crippen LogP contribution in [0.15, 0.2) is 85.2 Å². The fourth-order valence-corrected chi connectivity index (χ4v) is 2.98. The first kappa shape index (κ1) is 17.6. The molecule has 1 heterocycles. The number of nitrogens with one attached hydrogen (secondary N) is 2. The van der Waals surface area contributed by atoms with Gasteiger partial charge in [0.15, 0.2) is 0 Å². The lowest BCUT2D eigenvalue weighted by molar-refractivity contribution is -0.117. The van der Waals surface area contributed by atoms with Crippen molar-refractivity contribution in [1.29, 1.82) is 0 Å². The molecule has 1 atom stereocenters. The predicted molar refractivity (Wildman–Crippen MR) is 107 cm³/mol. The fraction of sp³-hybridized carbons (Fsp3) is 0.0455. The molecule has 1 aromatic heterocycles. The van der Waals surface area contributed by atoms with Crippen molar-refractivity contribution >= 4 is 28.3 Å². The van der Waals surface area contributed by atoms with E-state index in [1.54, 1.807) is 12.1 Å². The molecule has 0 radical (unpaired) electrons. The monoisotopic (exact) mass is 372 g/mol. The van der Waals surface area contributed by atoms with Crippen molar-refractivity contribution in [1.82, 2.24) is 9.97 Å². The molecule has 5 nitrogen and oxygen atoms in total. The molecule has 0 fully saturated rings. The van der Waals surface area contributed by atoms with E-state index in [1.165, 1.54) is 12.4 Å². The number of halogens is 1. The molecule has 138 valence electrons. The molecular formula is C22H17FN4O. The smallest absolute Gasteiger partial charge is 0.251 e. The molecule has 0 aliphatic rings. The molecule has 0 saturated carbocycles. The van der Waals surface area contributed by atoms with E-state index in [1.807, 2.05) is 60.7 Å². The molecule has 1 amide bonds. The fourth-order valence-electron chi connectivity index (χ4n) is 2.98. The van der Waals surface area contributed by atoms with Crippen LogP contribution in [-0.4, -0.2) is 15.9 Å². The predicted octanol–water partition coefficient (Wildman–Crippen LogP) is 4.56. The van der Waals surface area contributed by atoms with Crippen molar-refractivity contribution < 1.29 is 9.18 Å². The molecule has 0 spiro atoms. The van der Waals surface area contributed by atoms with E-state index < -0.39 is 11.9 Å². The molecule has 0 aliphatic carbocycles. The van der Waals surface area contributed by atoms with Crippen LogP contribution in [0.3, 0.4) is 0 Å². The Kier molecular flexibility index (Phi) is 4.93. The number of rotatable bonds is 5. The quantitative estimate of drug-likeness (QED) is 0.539. The van der Waals surface area contributed by atoms with Gasteiger partial charge in [-0.2, -0.15) is 0 Å². The number of benzene rings is 3. The minimum atomic E-state index is -0.720. The van der Waals surface area contributed by atoms with Gasteiger partial charge in [0.1, 0.15) is 29.5 Å². The molecule has 0 bridgehead atoms. The Morgan fingerprint density at radius 1 is 0.857 bits per heavy atom. The summed E-state index contributed by atoms with van der Waals surface area (Å²) >= 11 is 0. The zero-order chi connectivity index (χ0) is 19.3. The SMILES string of the molecule is O=C(Nc1ccccc1)C(Nc1ncnc2c(F)cccc12)c1ccccc1. The molecule has 0 aliphatic heterocycles. The zero-order valence-corrected chi connectivity index (χ0v) is 14.8. The highest BCUT2D eigenvalue weighted by atomic mass is 19.1. The number of para-hydroxylation sites is 2. The molecule has 0 saturated heterocycles. The Labute approximate surface area is 161 Å². The highest BCUT2D eigenvalue weighted by molar-refractivity contribution is 5.99. The van der Waals surface area contributed by atoms with E-state index in [2.05, 4.69) is 20.6 Å². The van der Waals surface area contributed by atoms with Crippen LogP contribution in [0.5, 0.6) is 0 Å². The number of carbonyl (C=O) groups excluding carboxylic acids is 1. The van der Waals surface area contributed by atoms with Crippen LogP contribution >= 0.6 is 0 Å². The molecule has 4 rings (SSSR count). The number of anilines is 2. The Hall–Kier alpha value is -3.80. The summed E-state index contributed by atoms with van der Waals surface area (Å²) in [5, 5.41) is 6.57. The number of hydrogen-bond donors (Lipinski definition) is 2. The van der Waals surface area contributed by atoms with Gasteiger partial charge >= 0.3 is 0 Å². The number of aromatic nitrogens is 2. The van der Waals surface area contributed by atoms with Crippen molar-refractivity contribution in [3.8, 4) is 0 Å². The van der Waals surface area contributed by atoms with Crippen molar-refractivity contribution in [2.75, 3.05) is 10.6 Å². The van der Waals surface area contributed by atoms with Crippen LogP contribution in [0.2, 0.25) is 0 Å². The Bertz CT molecular complexity index is 1100. The van der Waals surface area contributed by atoms with Gasteiger partial charge in [-0.1, -0.05) is 54.6 Å². The third-order valence-electron chi connectivity index (χ3n) is 4.33. The van der Waals surface area contributed by atoms with Crippen molar-refractivity contribution in [2.24, 2.45) is 0 Å². The lowest BCUT2D eigenvalue weighted by Crippen LogP contribution is -2.27. The summed E-state index contributed by atoms with van der Waals surface area (Å²) in [5.41, 5.74) is 1.66. The molecule has 28 heavy (non-hydrogen) atoms. The van der Waals surface area contributed by atoms with Crippen LogP contribution in [0, 0.1) is 5.82 Å². The second-order valence-corrected chi connectivity index (χ2v) is 6.20. The average molecular weight is 372 g/mol. The van der Waals surface area contributed by atoms with E-state index in [0.717, 1.165) is 5.56 Å². The Morgan fingerprint density at radius 2 is 1.57 bits per heavy atom. The highest BCUT2D eigenvalue weighted by Crippen LogP contribution is 2.26. The van der Waals surface area contributed by atoms with Gasteiger partial charge in [-0.15, -0.1) is 0 Å².